The molecule has 0 spiro atoms. The highest BCUT2D eigenvalue weighted by molar-refractivity contribution is 5.35. The fourth-order valence-electron chi connectivity index (χ4n) is 1.84. The molecule has 0 saturated carbocycles. The molecule has 0 aliphatic heterocycles. The molecule has 0 fully saturated rings. The van der Waals surface area contributed by atoms with Gasteiger partial charge in [0.15, 0.2) is 5.60 Å². The molecule has 0 radical (unpaired) electrons. The first kappa shape index (κ1) is 12.2. The van der Waals surface area contributed by atoms with Crippen molar-refractivity contribution in [2.45, 2.75) is 5.60 Å². The van der Waals surface area contributed by atoms with Crippen LogP contribution in [0.5, 0.6) is 5.75 Å². The third kappa shape index (κ3) is 2.35. The van der Waals surface area contributed by atoms with E-state index in [1.165, 1.54) is 0 Å². The summed E-state index contributed by atoms with van der Waals surface area (Å²) in [4.78, 5) is 0. The fraction of sp³-hybridized carbons (Fsp3) is 0.0588. The van der Waals surface area contributed by atoms with E-state index < -0.39 is 5.60 Å². The number of hydrogen-bond acceptors (Lipinski definition) is 1. The Balaban J connectivity index is 2.39. The highest BCUT2D eigenvalue weighted by Gasteiger charge is 2.27. The predicted molar refractivity (Wildman–Crippen MR) is 75.6 cm³/mol. The summed E-state index contributed by atoms with van der Waals surface area (Å²) in [6.45, 7) is 7.76. The van der Waals surface area contributed by atoms with E-state index >= 15 is 0 Å². The first-order chi connectivity index (χ1) is 8.80. The van der Waals surface area contributed by atoms with Gasteiger partial charge in [0.1, 0.15) is 5.75 Å². The Labute approximate surface area is 108 Å². The summed E-state index contributed by atoms with van der Waals surface area (Å²) >= 11 is 0. The number of hydrogen-bond donors (Lipinski definition) is 0. The lowest BCUT2D eigenvalue weighted by atomic mass is 9.93. The van der Waals surface area contributed by atoms with E-state index in [2.05, 4.69) is 13.2 Å². The van der Waals surface area contributed by atoms with Gasteiger partial charge >= 0.3 is 0 Å². The van der Waals surface area contributed by atoms with Crippen molar-refractivity contribution >= 4 is 0 Å². The van der Waals surface area contributed by atoms with Crippen LogP contribution in [0, 0.1) is 0 Å². The largest absolute Gasteiger partial charge is 0.474 e. The Bertz CT molecular complexity index is 506. The standard InChI is InChI=1S/C17H16O/c1-3-17(4-2,15-11-7-5-8-12-15)18-16-13-9-6-10-14-16/h3-14H,1-2H2. The van der Waals surface area contributed by atoms with Gasteiger partial charge in [-0.05, 0) is 24.3 Å². The van der Waals surface area contributed by atoms with Gasteiger partial charge in [0, 0.05) is 5.56 Å². The molecule has 0 atom stereocenters. The van der Waals surface area contributed by atoms with Crippen molar-refractivity contribution in [3.05, 3.63) is 91.5 Å². The Kier molecular flexibility index (Phi) is 3.63. The predicted octanol–water partition coefficient (Wildman–Crippen LogP) is 4.33. The lowest BCUT2D eigenvalue weighted by Crippen LogP contribution is -2.27. The molecule has 2 aromatic rings. The van der Waals surface area contributed by atoms with Crippen LogP contribution in [-0.4, -0.2) is 0 Å². The minimum absolute atomic E-state index is 0.692. The van der Waals surface area contributed by atoms with Crippen LogP contribution in [0.1, 0.15) is 5.56 Å². The lowest BCUT2D eigenvalue weighted by molar-refractivity contribution is 0.174. The highest BCUT2D eigenvalue weighted by atomic mass is 16.5. The average Bonchev–Trinajstić information content (AvgIpc) is 2.47. The van der Waals surface area contributed by atoms with Gasteiger partial charge in [-0.1, -0.05) is 61.7 Å². The van der Waals surface area contributed by atoms with Crippen LogP contribution in [0.2, 0.25) is 0 Å². The third-order valence-electron chi connectivity index (χ3n) is 2.86. The summed E-state index contributed by atoms with van der Waals surface area (Å²) in [6.07, 6.45) is 3.53. The normalized spacial score (nSPS) is 10.7. The van der Waals surface area contributed by atoms with Crippen LogP contribution in [0.15, 0.2) is 86.0 Å². The Morgan fingerprint density at radius 2 is 1.28 bits per heavy atom. The van der Waals surface area contributed by atoms with E-state index in [0.717, 1.165) is 11.3 Å². The van der Waals surface area contributed by atoms with Crippen molar-refractivity contribution < 1.29 is 4.74 Å². The first-order valence-electron chi connectivity index (χ1n) is 5.87. The molecule has 1 nitrogen and oxygen atoms in total. The van der Waals surface area contributed by atoms with Gasteiger partial charge in [-0.2, -0.15) is 0 Å². The Morgan fingerprint density at radius 3 is 1.78 bits per heavy atom. The SMILES string of the molecule is C=CC(C=C)(Oc1ccccc1)c1ccccc1. The Morgan fingerprint density at radius 1 is 0.778 bits per heavy atom. The molecule has 1 heteroatoms. The summed E-state index contributed by atoms with van der Waals surface area (Å²) in [5.41, 5.74) is 0.321. The highest BCUT2D eigenvalue weighted by Crippen LogP contribution is 2.30. The van der Waals surface area contributed by atoms with Crippen molar-refractivity contribution in [3.63, 3.8) is 0 Å². The summed E-state index contributed by atoms with van der Waals surface area (Å²) in [7, 11) is 0. The molecule has 18 heavy (non-hydrogen) atoms. The Hall–Kier alpha value is -2.28. The molecule has 0 aliphatic carbocycles. The maximum absolute atomic E-state index is 6.05. The van der Waals surface area contributed by atoms with Crippen LogP contribution < -0.4 is 4.74 Å². The second-order valence-corrected chi connectivity index (χ2v) is 3.98. The monoisotopic (exact) mass is 236 g/mol. The van der Waals surface area contributed by atoms with Gasteiger partial charge in [0.25, 0.3) is 0 Å². The molecule has 90 valence electrons. The number of ether oxygens (including phenoxy) is 1. The first-order valence-corrected chi connectivity index (χ1v) is 5.87. The minimum atomic E-state index is -0.692. The van der Waals surface area contributed by atoms with E-state index in [-0.39, 0.29) is 0 Å². The molecular weight excluding hydrogens is 220 g/mol. The summed E-state index contributed by atoms with van der Waals surface area (Å²) in [5.74, 6) is 0.793. The maximum Gasteiger partial charge on any atom is 0.170 e. The maximum atomic E-state index is 6.05. The molecule has 2 aromatic carbocycles. The number of para-hydroxylation sites is 1. The summed E-state index contributed by atoms with van der Waals surface area (Å²) < 4.78 is 6.05. The zero-order valence-electron chi connectivity index (χ0n) is 10.3. The van der Waals surface area contributed by atoms with Gasteiger partial charge in [-0.25, -0.2) is 0 Å². The molecule has 2 rings (SSSR count). The average molecular weight is 236 g/mol. The van der Waals surface area contributed by atoms with Gasteiger partial charge in [-0.15, -0.1) is 0 Å². The molecule has 0 heterocycles. The molecule has 0 saturated heterocycles. The lowest BCUT2D eigenvalue weighted by Gasteiger charge is -2.28. The van der Waals surface area contributed by atoms with Gasteiger partial charge in [-0.3, -0.25) is 0 Å². The van der Waals surface area contributed by atoms with E-state index in [9.17, 15) is 0 Å². The van der Waals surface area contributed by atoms with Crippen molar-refractivity contribution in [1.29, 1.82) is 0 Å². The smallest absolute Gasteiger partial charge is 0.170 e. The molecule has 0 bridgehead atoms. The van der Waals surface area contributed by atoms with E-state index in [0.29, 0.717) is 0 Å². The molecular formula is C17H16O. The van der Waals surface area contributed by atoms with Crippen LogP contribution in [0.25, 0.3) is 0 Å². The van der Waals surface area contributed by atoms with E-state index in [1.807, 2.05) is 60.7 Å². The van der Waals surface area contributed by atoms with Crippen LogP contribution in [-0.2, 0) is 5.60 Å². The summed E-state index contributed by atoms with van der Waals surface area (Å²) in [6, 6.07) is 19.6. The molecule has 0 unspecified atom stereocenters. The molecule has 0 aromatic heterocycles. The zero-order valence-corrected chi connectivity index (χ0v) is 10.3. The fourth-order valence-corrected chi connectivity index (χ4v) is 1.84. The van der Waals surface area contributed by atoms with Crippen molar-refractivity contribution in [3.8, 4) is 5.75 Å². The minimum Gasteiger partial charge on any atom is -0.474 e. The summed E-state index contributed by atoms with van der Waals surface area (Å²) in [5, 5.41) is 0. The van der Waals surface area contributed by atoms with E-state index in [1.54, 1.807) is 12.2 Å². The molecule has 0 N–H and O–H groups in total. The van der Waals surface area contributed by atoms with Crippen molar-refractivity contribution in [2.75, 3.05) is 0 Å². The number of benzene rings is 2. The second-order valence-electron chi connectivity index (χ2n) is 3.98. The topological polar surface area (TPSA) is 9.23 Å². The third-order valence-corrected chi connectivity index (χ3v) is 2.86. The van der Waals surface area contributed by atoms with Crippen LogP contribution in [0.4, 0.5) is 0 Å². The quantitative estimate of drug-likeness (QED) is 0.702. The zero-order chi connectivity index (χ0) is 12.8. The van der Waals surface area contributed by atoms with E-state index in [4.69, 9.17) is 4.74 Å². The van der Waals surface area contributed by atoms with Gasteiger partial charge < -0.3 is 4.74 Å². The number of rotatable bonds is 5. The second kappa shape index (κ2) is 5.37. The van der Waals surface area contributed by atoms with Crippen LogP contribution in [0.3, 0.4) is 0 Å². The molecule has 0 amide bonds. The van der Waals surface area contributed by atoms with Crippen molar-refractivity contribution in [1.82, 2.24) is 0 Å². The van der Waals surface area contributed by atoms with Gasteiger partial charge in [0.2, 0.25) is 0 Å². The molecule has 0 aliphatic rings. The van der Waals surface area contributed by atoms with Crippen molar-refractivity contribution in [2.24, 2.45) is 0 Å². The van der Waals surface area contributed by atoms with Crippen LogP contribution >= 0.6 is 0 Å². The van der Waals surface area contributed by atoms with Gasteiger partial charge in [0.05, 0.1) is 0 Å².